The summed E-state index contributed by atoms with van der Waals surface area (Å²) in [4.78, 5) is 24.6. The second-order valence-electron chi connectivity index (χ2n) is 6.39. The minimum absolute atomic E-state index is 0.233. The van der Waals surface area contributed by atoms with Gasteiger partial charge in [-0.25, -0.2) is 4.79 Å². The zero-order chi connectivity index (χ0) is 19.1. The second kappa shape index (κ2) is 9.21. The fourth-order valence-corrected chi connectivity index (χ4v) is 3.33. The molecule has 1 aromatic carbocycles. The smallest absolute Gasteiger partial charge is 0.409 e. The van der Waals surface area contributed by atoms with E-state index in [1.54, 1.807) is 11.9 Å². The number of guanidine groups is 1. The molecule has 0 spiro atoms. The minimum Gasteiger partial charge on any atom is -0.450 e. The monoisotopic (exact) mass is 369 g/mol. The van der Waals surface area contributed by atoms with E-state index < -0.39 is 0 Å². The Kier molecular flexibility index (Phi) is 6.46. The summed E-state index contributed by atoms with van der Waals surface area (Å²) in [7, 11) is 1.79. The molecule has 1 amide bonds. The molecule has 0 atom stereocenters. The minimum atomic E-state index is -0.233. The van der Waals surface area contributed by atoms with Crippen LogP contribution in [0.4, 0.5) is 4.79 Å². The number of carbonyl (C=O) groups excluding carboxylic acids is 1. The lowest BCUT2D eigenvalue weighted by atomic mass is 10.1. The van der Waals surface area contributed by atoms with Crippen LogP contribution in [0.15, 0.2) is 41.5 Å². The number of pyridine rings is 1. The number of amides is 1. The summed E-state index contributed by atoms with van der Waals surface area (Å²) in [6, 6.07) is 10.3. The number of aliphatic imine (C=N–C) groups is 1. The van der Waals surface area contributed by atoms with Crippen molar-refractivity contribution in [2.75, 3.05) is 46.4 Å². The molecule has 2 heterocycles. The number of hydrogen-bond donors (Lipinski definition) is 1. The Balaban J connectivity index is 1.52. The summed E-state index contributed by atoms with van der Waals surface area (Å²) in [5, 5.41) is 4.60. The maximum atomic E-state index is 11.8. The molecule has 2 aromatic rings. The first kappa shape index (κ1) is 18.9. The lowest BCUT2D eigenvalue weighted by Gasteiger charge is -2.35. The van der Waals surface area contributed by atoms with E-state index in [-0.39, 0.29) is 6.09 Å². The van der Waals surface area contributed by atoms with Crippen molar-refractivity contribution < 1.29 is 9.53 Å². The largest absolute Gasteiger partial charge is 0.450 e. The zero-order valence-electron chi connectivity index (χ0n) is 16.0. The summed E-state index contributed by atoms with van der Waals surface area (Å²) >= 11 is 0. The number of nitrogens with one attached hydrogen (secondary N) is 1. The van der Waals surface area contributed by atoms with Crippen LogP contribution in [-0.2, 0) is 11.2 Å². The average Bonchev–Trinajstić information content (AvgIpc) is 2.72. The van der Waals surface area contributed by atoms with Gasteiger partial charge in [-0.3, -0.25) is 9.98 Å². The molecular formula is C20H27N5O2. The molecule has 27 heavy (non-hydrogen) atoms. The third-order valence-electron chi connectivity index (χ3n) is 4.71. The summed E-state index contributed by atoms with van der Waals surface area (Å²) in [6.07, 6.45) is 2.47. The van der Waals surface area contributed by atoms with E-state index in [9.17, 15) is 4.79 Å². The van der Waals surface area contributed by atoms with E-state index in [0.29, 0.717) is 19.7 Å². The predicted molar refractivity (Wildman–Crippen MR) is 107 cm³/mol. The van der Waals surface area contributed by atoms with E-state index in [1.165, 1.54) is 5.56 Å². The van der Waals surface area contributed by atoms with Gasteiger partial charge in [0.1, 0.15) is 0 Å². The lowest BCUT2D eigenvalue weighted by Crippen LogP contribution is -2.54. The molecule has 7 nitrogen and oxygen atoms in total. The molecule has 144 valence electrons. The number of aromatic nitrogens is 1. The zero-order valence-corrected chi connectivity index (χ0v) is 16.0. The lowest BCUT2D eigenvalue weighted by molar-refractivity contribution is 0.0915. The van der Waals surface area contributed by atoms with Crippen LogP contribution in [0.3, 0.4) is 0 Å². The highest BCUT2D eigenvalue weighted by atomic mass is 16.6. The van der Waals surface area contributed by atoms with Crippen LogP contribution in [-0.4, -0.2) is 73.2 Å². The van der Waals surface area contributed by atoms with Crippen molar-refractivity contribution >= 4 is 23.0 Å². The third kappa shape index (κ3) is 4.67. The van der Waals surface area contributed by atoms with E-state index in [2.05, 4.69) is 44.5 Å². The van der Waals surface area contributed by atoms with Crippen molar-refractivity contribution in [2.45, 2.75) is 13.3 Å². The molecule has 0 bridgehead atoms. The first-order valence-corrected chi connectivity index (χ1v) is 9.43. The highest BCUT2D eigenvalue weighted by molar-refractivity contribution is 5.82. The van der Waals surface area contributed by atoms with Gasteiger partial charge in [0.15, 0.2) is 5.96 Å². The summed E-state index contributed by atoms with van der Waals surface area (Å²) in [5.41, 5.74) is 2.28. The van der Waals surface area contributed by atoms with Crippen LogP contribution in [0.2, 0.25) is 0 Å². The quantitative estimate of drug-likeness (QED) is 0.660. The number of para-hydroxylation sites is 1. The number of ether oxygens (including phenoxy) is 1. The van der Waals surface area contributed by atoms with Crippen LogP contribution in [0, 0.1) is 0 Å². The Bertz CT molecular complexity index is 795. The van der Waals surface area contributed by atoms with E-state index >= 15 is 0 Å². The highest BCUT2D eigenvalue weighted by Gasteiger charge is 2.23. The van der Waals surface area contributed by atoms with Crippen LogP contribution >= 0.6 is 0 Å². The first-order chi connectivity index (χ1) is 13.2. The molecule has 0 unspecified atom stereocenters. The second-order valence-corrected chi connectivity index (χ2v) is 6.39. The molecule has 0 saturated carbocycles. The molecule has 0 radical (unpaired) electrons. The average molecular weight is 369 g/mol. The predicted octanol–water partition coefficient (Wildman–Crippen LogP) is 2.13. The van der Waals surface area contributed by atoms with Crippen molar-refractivity contribution in [1.29, 1.82) is 0 Å². The number of hydrogen-bond acceptors (Lipinski definition) is 4. The van der Waals surface area contributed by atoms with Crippen LogP contribution < -0.4 is 5.32 Å². The molecule has 0 aliphatic carbocycles. The first-order valence-electron chi connectivity index (χ1n) is 9.43. The van der Waals surface area contributed by atoms with Gasteiger partial charge in [0.25, 0.3) is 0 Å². The van der Waals surface area contributed by atoms with E-state index in [0.717, 1.165) is 42.9 Å². The van der Waals surface area contributed by atoms with Crippen LogP contribution in [0.1, 0.15) is 12.5 Å². The fourth-order valence-electron chi connectivity index (χ4n) is 3.33. The number of fused-ring (bicyclic) bond motifs is 1. The van der Waals surface area contributed by atoms with Gasteiger partial charge >= 0.3 is 6.09 Å². The fraction of sp³-hybridized carbons (Fsp3) is 0.450. The number of carbonyl (C=O) groups is 1. The maximum Gasteiger partial charge on any atom is 0.409 e. The van der Waals surface area contributed by atoms with Gasteiger partial charge < -0.3 is 19.9 Å². The Morgan fingerprint density at radius 3 is 2.67 bits per heavy atom. The molecule has 1 N–H and O–H groups in total. The Morgan fingerprint density at radius 2 is 1.93 bits per heavy atom. The van der Waals surface area contributed by atoms with Crippen molar-refractivity contribution in [3.8, 4) is 0 Å². The molecule has 1 aromatic heterocycles. The molecule has 1 fully saturated rings. The highest BCUT2D eigenvalue weighted by Crippen LogP contribution is 2.16. The van der Waals surface area contributed by atoms with Gasteiger partial charge in [-0.05, 0) is 25.0 Å². The SMILES string of the molecule is CCOC(=O)N1CCN(C(=NC)NCCc2cccc3cccnc23)CC1. The van der Waals surface area contributed by atoms with Gasteiger partial charge in [-0.2, -0.15) is 0 Å². The van der Waals surface area contributed by atoms with Gasteiger partial charge in [-0.15, -0.1) is 0 Å². The van der Waals surface area contributed by atoms with Crippen LogP contribution in [0.25, 0.3) is 10.9 Å². The van der Waals surface area contributed by atoms with E-state index in [1.807, 2.05) is 19.2 Å². The molecule has 7 heteroatoms. The number of piperazine rings is 1. The maximum absolute atomic E-state index is 11.8. The van der Waals surface area contributed by atoms with Gasteiger partial charge in [-0.1, -0.05) is 24.3 Å². The van der Waals surface area contributed by atoms with Gasteiger partial charge in [0.2, 0.25) is 0 Å². The van der Waals surface area contributed by atoms with Crippen LogP contribution in [0.5, 0.6) is 0 Å². The Labute approximate surface area is 160 Å². The normalized spacial score (nSPS) is 15.1. The van der Waals surface area contributed by atoms with Gasteiger partial charge in [0.05, 0.1) is 12.1 Å². The van der Waals surface area contributed by atoms with Gasteiger partial charge in [0, 0.05) is 51.4 Å². The molecule has 3 rings (SSSR count). The van der Waals surface area contributed by atoms with Crippen molar-refractivity contribution in [3.05, 3.63) is 42.1 Å². The molecular weight excluding hydrogens is 342 g/mol. The summed E-state index contributed by atoms with van der Waals surface area (Å²) in [6.45, 7) is 5.79. The number of benzene rings is 1. The third-order valence-corrected chi connectivity index (χ3v) is 4.71. The molecule has 1 aliphatic heterocycles. The summed E-state index contributed by atoms with van der Waals surface area (Å²) < 4.78 is 5.07. The standard InChI is InChI=1S/C20H27N5O2/c1-3-27-20(26)25-14-12-24(13-15-25)19(21-2)23-11-9-17-7-4-6-16-8-5-10-22-18(16)17/h4-8,10H,3,9,11-15H2,1-2H3,(H,21,23). The number of nitrogens with zero attached hydrogens (tertiary/aromatic N) is 4. The molecule has 1 saturated heterocycles. The molecule has 1 aliphatic rings. The topological polar surface area (TPSA) is 70.1 Å². The summed E-state index contributed by atoms with van der Waals surface area (Å²) in [5.74, 6) is 0.867. The van der Waals surface area contributed by atoms with Crippen molar-refractivity contribution in [2.24, 2.45) is 4.99 Å². The number of rotatable bonds is 4. The Hall–Kier alpha value is -2.83. The van der Waals surface area contributed by atoms with Crippen molar-refractivity contribution in [3.63, 3.8) is 0 Å². The van der Waals surface area contributed by atoms with E-state index in [4.69, 9.17) is 4.74 Å². The Morgan fingerprint density at radius 1 is 1.19 bits per heavy atom. The van der Waals surface area contributed by atoms with Crippen molar-refractivity contribution in [1.82, 2.24) is 20.1 Å².